The predicted molar refractivity (Wildman–Crippen MR) is 101 cm³/mol. The van der Waals surface area contributed by atoms with Gasteiger partial charge in [-0.2, -0.15) is 0 Å². The SMILES string of the molecule is COc1ccc(N2CCCCS2(=O)=O)cc1S(=O)(=O)Nc1cccc(F)c1. The molecule has 1 heterocycles. The van der Waals surface area contributed by atoms with Gasteiger partial charge in [-0.15, -0.1) is 0 Å². The molecule has 0 spiro atoms. The number of anilines is 2. The Morgan fingerprint density at radius 1 is 1.15 bits per heavy atom. The third-order valence-corrected chi connectivity index (χ3v) is 7.42. The minimum Gasteiger partial charge on any atom is -0.495 e. The van der Waals surface area contributed by atoms with Gasteiger partial charge in [0.05, 0.1) is 24.2 Å². The van der Waals surface area contributed by atoms with Gasteiger partial charge < -0.3 is 4.74 Å². The molecule has 0 bridgehead atoms. The van der Waals surface area contributed by atoms with Crippen LogP contribution < -0.4 is 13.8 Å². The van der Waals surface area contributed by atoms with Crippen LogP contribution >= 0.6 is 0 Å². The van der Waals surface area contributed by atoms with Gasteiger partial charge in [0.2, 0.25) is 10.0 Å². The maximum absolute atomic E-state index is 13.3. The van der Waals surface area contributed by atoms with Crippen LogP contribution in [0.25, 0.3) is 0 Å². The number of nitrogens with one attached hydrogen (secondary N) is 1. The van der Waals surface area contributed by atoms with Crippen molar-refractivity contribution in [3.8, 4) is 5.75 Å². The van der Waals surface area contributed by atoms with E-state index < -0.39 is 25.9 Å². The van der Waals surface area contributed by atoms with E-state index >= 15 is 0 Å². The van der Waals surface area contributed by atoms with Crippen molar-refractivity contribution in [3.05, 3.63) is 48.3 Å². The van der Waals surface area contributed by atoms with Gasteiger partial charge in [0.25, 0.3) is 10.0 Å². The largest absolute Gasteiger partial charge is 0.495 e. The maximum Gasteiger partial charge on any atom is 0.265 e. The summed E-state index contributed by atoms with van der Waals surface area (Å²) in [4.78, 5) is -0.229. The number of ether oxygens (including phenoxy) is 1. The molecule has 1 saturated heterocycles. The van der Waals surface area contributed by atoms with Crippen LogP contribution in [0.4, 0.5) is 15.8 Å². The third-order valence-electron chi connectivity index (χ3n) is 4.15. The molecule has 27 heavy (non-hydrogen) atoms. The highest BCUT2D eigenvalue weighted by molar-refractivity contribution is 7.93. The van der Waals surface area contributed by atoms with E-state index in [1.165, 1.54) is 47.8 Å². The lowest BCUT2D eigenvalue weighted by atomic mass is 10.2. The molecule has 0 aliphatic carbocycles. The molecule has 10 heteroatoms. The highest BCUT2D eigenvalue weighted by Gasteiger charge is 2.28. The van der Waals surface area contributed by atoms with Gasteiger partial charge in [0.15, 0.2) is 0 Å². The van der Waals surface area contributed by atoms with Crippen molar-refractivity contribution in [2.24, 2.45) is 0 Å². The van der Waals surface area contributed by atoms with E-state index in [2.05, 4.69) is 4.72 Å². The first-order valence-electron chi connectivity index (χ1n) is 8.20. The Labute approximate surface area is 157 Å². The second kappa shape index (κ2) is 7.35. The number of rotatable bonds is 5. The van der Waals surface area contributed by atoms with Crippen LogP contribution in [0.15, 0.2) is 47.4 Å². The minimum atomic E-state index is -4.13. The molecule has 0 aromatic heterocycles. The average molecular weight is 414 g/mol. The molecule has 1 fully saturated rings. The molecule has 0 saturated carbocycles. The Hall–Kier alpha value is -2.33. The summed E-state index contributed by atoms with van der Waals surface area (Å²) in [5.41, 5.74) is 0.295. The third kappa shape index (κ3) is 4.16. The van der Waals surface area contributed by atoms with Crippen LogP contribution in [-0.2, 0) is 20.0 Å². The van der Waals surface area contributed by atoms with Crippen molar-refractivity contribution < 1.29 is 26.0 Å². The van der Waals surface area contributed by atoms with Crippen LogP contribution in [0.1, 0.15) is 12.8 Å². The zero-order valence-corrected chi connectivity index (χ0v) is 16.2. The van der Waals surface area contributed by atoms with Crippen LogP contribution in [0.5, 0.6) is 5.75 Å². The summed E-state index contributed by atoms with van der Waals surface area (Å²) in [6.07, 6.45) is 1.26. The van der Waals surface area contributed by atoms with E-state index in [1.54, 1.807) is 0 Å². The van der Waals surface area contributed by atoms with Crippen molar-refractivity contribution >= 4 is 31.4 Å². The van der Waals surface area contributed by atoms with Gasteiger partial charge in [-0.25, -0.2) is 21.2 Å². The number of hydrogen-bond donors (Lipinski definition) is 1. The summed E-state index contributed by atoms with van der Waals surface area (Å²) in [5, 5.41) is 0. The number of methoxy groups -OCH3 is 1. The monoisotopic (exact) mass is 414 g/mol. The van der Waals surface area contributed by atoms with Crippen molar-refractivity contribution in [1.29, 1.82) is 0 Å². The van der Waals surface area contributed by atoms with Gasteiger partial charge in [-0.3, -0.25) is 9.03 Å². The lowest BCUT2D eigenvalue weighted by Crippen LogP contribution is -2.37. The quantitative estimate of drug-likeness (QED) is 0.812. The van der Waals surface area contributed by atoms with Gasteiger partial charge in [0.1, 0.15) is 16.5 Å². The van der Waals surface area contributed by atoms with E-state index in [1.807, 2.05) is 0 Å². The molecule has 1 aliphatic heterocycles. The molecule has 0 unspecified atom stereocenters. The molecule has 0 radical (unpaired) electrons. The molecule has 1 N–H and O–H groups in total. The van der Waals surface area contributed by atoms with Crippen LogP contribution in [-0.4, -0.2) is 36.2 Å². The number of halogens is 1. The van der Waals surface area contributed by atoms with Crippen molar-refractivity contribution in [2.45, 2.75) is 17.7 Å². The second-order valence-corrected chi connectivity index (χ2v) is 9.71. The van der Waals surface area contributed by atoms with E-state index in [0.29, 0.717) is 12.8 Å². The fourth-order valence-corrected chi connectivity index (χ4v) is 5.74. The smallest absolute Gasteiger partial charge is 0.265 e. The maximum atomic E-state index is 13.3. The highest BCUT2D eigenvalue weighted by atomic mass is 32.2. The van der Waals surface area contributed by atoms with Gasteiger partial charge in [0, 0.05) is 6.54 Å². The first-order chi connectivity index (χ1) is 12.7. The zero-order valence-electron chi connectivity index (χ0n) is 14.6. The minimum absolute atomic E-state index is 0.0165. The molecule has 3 rings (SSSR count). The zero-order chi connectivity index (χ0) is 19.7. The van der Waals surface area contributed by atoms with Gasteiger partial charge >= 0.3 is 0 Å². The number of benzene rings is 2. The summed E-state index contributed by atoms with van der Waals surface area (Å²) >= 11 is 0. The van der Waals surface area contributed by atoms with E-state index in [-0.39, 0.29) is 34.3 Å². The van der Waals surface area contributed by atoms with E-state index in [4.69, 9.17) is 4.74 Å². The molecule has 7 nitrogen and oxygen atoms in total. The Morgan fingerprint density at radius 2 is 1.93 bits per heavy atom. The normalized spacial score (nSPS) is 16.7. The second-order valence-electron chi connectivity index (χ2n) is 6.05. The highest BCUT2D eigenvalue weighted by Crippen LogP contribution is 2.32. The lowest BCUT2D eigenvalue weighted by molar-refractivity contribution is 0.403. The molecular formula is C17H19FN2O5S2. The molecule has 2 aromatic carbocycles. The Bertz CT molecular complexity index is 1050. The first-order valence-corrected chi connectivity index (χ1v) is 11.3. The Balaban J connectivity index is 2.03. The molecule has 0 atom stereocenters. The fraction of sp³-hybridized carbons (Fsp3) is 0.294. The number of sulfonamides is 2. The topological polar surface area (TPSA) is 92.8 Å². The predicted octanol–water partition coefficient (Wildman–Crippen LogP) is 2.57. The van der Waals surface area contributed by atoms with Crippen molar-refractivity contribution in [1.82, 2.24) is 0 Å². The van der Waals surface area contributed by atoms with Crippen LogP contribution in [0.2, 0.25) is 0 Å². The molecule has 2 aromatic rings. The molecule has 146 valence electrons. The standard InChI is InChI=1S/C17H19FN2O5S2/c1-25-16-8-7-15(20-9-2-3-10-26(20,21)22)12-17(16)27(23,24)19-14-6-4-5-13(18)11-14/h4-8,11-12,19H,2-3,9-10H2,1H3. The van der Waals surface area contributed by atoms with E-state index in [0.717, 1.165) is 6.07 Å². The molecular weight excluding hydrogens is 395 g/mol. The van der Waals surface area contributed by atoms with Crippen LogP contribution in [0, 0.1) is 5.82 Å². The Morgan fingerprint density at radius 3 is 2.59 bits per heavy atom. The van der Waals surface area contributed by atoms with Crippen LogP contribution in [0.3, 0.4) is 0 Å². The summed E-state index contributed by atoms with van der Waals surface area (Å²) in [6.45, 7) is 0.283. The summed E-state index contributed by atoms with van der Waals surface area (Å²) < 4.78 is 72.2. The summed E-state index contributed by atoms with van der Waals surface area (Å²) in [6, 6.07) is 9.18. The fourth-order valence-electron chi connectivity index (χ4n) is 2.87. The number of nitrogens with zero attached hydrogens (tertiary/aromatic N) is 1. The van der Waals surface area contributed by atoms with Gasteiger partial charge in [-0.05, 0) is 49.2 Å². The van der Waals surface area contributed by atoms with E-state index in [9.17, 15) is 21.2 Å². The first kappa shape index (κ1) is 19.4. The summed E-state index contributed by atoms with van der Waals surface area (Å²) in [7, 11) is -6.32. The molecule has 1 aliphatic rings. The number of hydrogen-bond acceptors (Lipinski definition) is 5. The molecule has 0 amide bonds. The summed E-state index contributed by atoms with van der Waals surface area (Å²) in [5.74, 6) is -0.518. The lowest BCUT2D eigenvalue weighted by Gasteiger charge is -2.28. The van der Waals surface area contributed by atoms with Gasteiger partial charge in [-0.1, -0.05) is 6.07 Å². The van der Waals surface area contributed by atoms with Crippen molar-refractivity contribution in [2.75, 3.05) is 28.4 Å². The Kier molecular flexibility index (Phi) is 5.29. The average Bonchev–Trinajstić information content (AvgIpc) is 2.60. The van der Waals surface area contributed by atoms with Crippen molar-refractivity contribution in [3.63, 3.8) is 0 Å².